The highest BCUT2D eigenvalue weighted by Crippen LogP contribution is 2.15. The normalized spacial score (nSPS) is 12.0. The molecule has 2 rings (SSSR count). The van der Waals surface area contributed by atoms with Gasteiger partial charge >= 0.3 is 12.6 Å². The van der Waals surface area contributed by atoms with Gasteiger partial charge in [0, 0.05) is 12.6 Å². The largest absolute Gasteiger partial charge is 0.449 e. The molecule has 1 atom stereocenters. The summed E-state index contributed by atoms with van der Waals surface area (Å²) in [6.45, 7) is 0.898. The summed E-state index contributed by atoms with van der Waals surface area (Å²) in [5.74, 6) is -1.07. The fraction of sp³-hybridized carbons (Fsp3) is 0.238. The zero-order chi connectivity index (χ0) is 20.5. The van der Waals surface area contributed by atoms with Crippen LogP contribution >= 0.6 is 0 Å². The monoisotopic (exact) mass is 389 g/mol. The van der Waals surface area contributed by atoms with Gasteiger partial charge in [-0.3, -0.25) is 4.79 Å². The van der Waals surface area contributed by atoms with E-state index < -0.39 is 24.6 Å². The van der Waals surface area contributed by atoms with Crippen molar-refractivity contribution in [1.82, 2.24) is 5.32 Å². The summed E-state index contributed by atoms with van der Waals surface area (Å²) in [5, 5.41) is 2.70. The molecule has 1 amide bonds. The van der Waals surface area contributed by atoms with Crippen LogP contribution in [0.4, 0.5) is 8.78 Å². The van der Waals surface area contributed by atoms with Gasteiger partial charge in [-0.05, 0) is 43.2 Å². The Kier molecular flexibility index (Phi) is 7.68. The Hall–Kier alpha value is -3.22. The molecule has 0 radical (unpaired) electrons. The number of hydrogen-bond acceptors (Lipinski definition) is 4. The number of benzene rings is 2. The third-order valence-electron chi connectivity index (χ3n) is 3.77. The highest BCUT2D eigenvalue weighted by molar-refractivity contribution is 5.90. The van der Waals surface area contributed by atoms with Crippen LogP contribution in [-0.4, -0.2) is 24.6 Å². The predicted octanol–water partition coefficient (Wildman–Crippen LogP) is 3.86. The van der Waals surface area contributed by atoms with E-state index in [9.17, 15) is 18.4 Å². The van der Waals surface area contributed by atoms with Crippen molar-refractivity contribution in [2.45, 2.75) is 33.1 Å². The lowest BCUT2D eigenvalue weighted by Gasteiger charge is -2.12. The summed E-state index contributed by atoms with van der Waals surface area (Å²) < 4.78 is 33.5. The number of carbonyl (C=O) groups excluding carboxylic acids is 2. The van der Waals surface area contributed by atoms with Gasteiger partial charge in [0.05, 0.1) is 0 Å². The van der Waals surface area contributed by atoms with E-state index in [2.05, 4.69) is 10.1 Å². The van der Waals surface area contributed by atoms with Gasteiger partial charge in [-0.1, -0.05) is 42.0 Å². The Bertz CT molecular complexity index is 817. The van der Waals surface area contributed by atoms with Crippen LogP contribution in [0.2, 0.25) is 0 Å². The number of aryl methyl sites for hydroxylation is 1. The van der Waals surface area contributed by atoms with E-state index in [1.54, 1.807) is 0 Å². The SMILES string of the molecule is Cc1ccc(CNC(=O)[C@H](C)OC(=O)/C=C/c2ccc(OC(F)F)cc2)cc1. The second kappa shape index (κ2) is 10.2. The number of ether oxygens (including phenoxy) is 2. The quantitative estimate of drug-likeness (QED) is 0.550. The van der Waals surface area contributed by atoms with Crippen LogP contribution in [0.25, 0.3) is 6.08 Å². The highest BCUT2D eigenvalue weighted by atomic mass is 19.3. The van der Waals surface area contributed by atoms with Gasteiger partial charge in [0.25, 0.3) is 5.91 Å². The van der Waals surface area contributed by atoms with Crippen molar-refractivity contribution in [3.05, 3.63) is 71.3 Å². The summed E-state index contributed by atoms with van der Waals surface area (Å²) in [5.41, 5.74) is 2.66. The Labute approximate surface area is 162 Å². The fourth-order valence-corrected chi connectivity index (χ4v) is 2.23. The summed E-state index contributed by atoms with van der Waals surface area (Å²) in [4.78, 5) is 23.9. The first-order valence-electron chi connectivity index (χ1n) is 8.60. The third kappa shape index (κ3) is 7.19. The molecule has 28 heavy (non-hydrogen) atoms. The molecule has 0 bridgehead atoms. The Morgan fingerprint density at radius 2 is 1.71 bits per heavy atom. The molecule has 2 aromatic carbocycles. The van der Waals surface area contributed by atoms with Crippen LogP contribution in [0.3, 0.4) is 0 Å². The van der Waals surface area contributed by atoms with Gasteiger partial charge in [0.15, 0.2) is 6.10 Å². The molecule has 1 N–H and O–H groups in total. The lowest BCUT2D eigenvalue weighted by Crippen LogP contribution is -2.35. The van der Waals surface area contributed by atoms with Gasteiger partial charge in [-0.25, -0.2) is 4.79 Å². The number of alkyl halides is 2. The maximum absolute atomic E-state index is 12.1. The summed E-state index contributed by atoms with van der Waals surface area (Å²) in [6.07, 6.45) is 1.66. The van der Waals surface area contributed by atoms with E-state index in [-0.39, 0.29) is 5.75 Å². The van der Waals surface area contributed by atoms with E-state index in [0.29, 0.717) is 12.1 Å². The number of amides is 1. The van der Waals surface area contributed by atoms with Crippen molar-refractivity contribution in [2.75, 3.05) is 0 Å². The minimum absolute atomic E-state index is 0.0218. The molecule has 0 unspecified atom stereocenters. The summed E-state index contributed by atoms with van der Waals surface area (Å²) in [6, 6.07) is 13.5. The molecular formula is C21H21F2NO4. The smallest absolute Gasteiger partial charge is 0.387 e. The van der Waals surface area contributed by atoms with Crippen LogP contribution in [0.1, 0.15) is 23.6 Å². The first-order chi connectivity index (χ1) is 13.3. The molecule has 2 aromatic rings. The molecule has 7 heteroatoms. The van der Waals surface area contributed by atoms with Gasteiger partial charge < -0.3 is 14.8 Å². The van der Waals surface area contributed by atoms with Crippen molar-refractivity contribution < 1.29 is 27.8 Å². The minimum Gasteiger partial charge on any atom is -0.449 e. The van der Waals surface area contributed by atoms with Gasteiger partial charge in [0.2, 0.25) is 0 Å². The number of halogens is 2. The van der Waals surface area contributed by atoms with Crippen molar-refractivity contribution in [1.29, 1.82) is 0 Å². The van der Waals surface area contributed by atoms with Crippen molar-refractivity contribution in [3.63, 3.8) is 0 Å². The second-order valence-electron chi connectivity index (χ2n) is 6.06. The topological polar surface area (TPSA) is 64.6 Å². The van der Waals surface area contributed by atoms with Crippen molar-refractivity contribution >= 4 is 18.0 Å². The average molecular weight is 389 g/mol. The maximum Gasteiger partial charge on any atom is 0.387 e. The Morgan fingerprint density at radius 3 is 2.32 bits per heavy atom. The summed E-state index contributed by atoms with van der Waals surface area (Å²) in [7, 11) is 0. The Morgan fingerprint density at radius 1 is 1.07 bits per heavy atom. The van der Waals surface area contributed by atoms with Gasteiger partial charge in [-0.2, -0.15) is 8.78 Å². The first-order valence-corrected chi connectivity index (χ1v) is 8.60. The average Bonchev–Trinajstić information content (AvgIpc) is 2.66. The van der Waals surface area contributed by atoms with Gasteiger partial charge in [0.1, 0.15) is 5.75 Å². The van der Waals surface area contributed by atoms with Gasteiger partial charge in [-0.15, -0.1) is 0 Å². The molecule has 0 heterocycles. The van der Waals surface area contributed by atoms with Crippen LogP contribution in [0, 0.1) is 6.92 Å². The number of hydrogen-bond donors (Lipinski definition) is 1. The molecule has 0 spiro atoms. The number of esters is 1. The first kappa shape index (κ1) is 21.1. The van der Waals surface area contributed by atoms with Crippen LogP contribution in [0.5, 0.6) is 5.75 Å². The van der Waals surface area contributed by atoms with Crippen LogP contribution in [-0.2, 0) is 20.9 Å². The van der Waals surface area contributed by atoms with E-state index in [4.69, 9.17) is 4.74 Å². The number of carbonyl (C=O) groups is 2. The maximum atomic E-state index is 12.1. The molecular weight excluding hydrogens is 368 g/mol. The predicted molar refractivity (Wildman–Crippen MR) is 101 cm³/mol. The van der Waals surface area contributed by atoms with E-state index in [1.807, 2.05) is 31.2 Å². The second-order valence-corrected chi connectivity index (χ2v) is 6.06. The lowest BCUT2D eigenvalue weighted by atomic mass is 10.1. The van der Waals surface area contributed by atoms with E-state index in [0.717, 1.165) is 17.2 Å². The molecule has 0 aliphatic rings. The zero-order valence-corrected chi connectivity index (χ0v) is 15.5. The molecule has 0 aromatic heterocycles. The van der Waals surface area contributed by atoms with E-state index in [1.165, 1.54) is 37.3 Å². The zero-order valence-electron chi connectivity index (χ0n) is 15.5. The van der Waals surface area contributed by atoms with Crippen LogP contribution < -0.4 is 10.1 Å². The van der Waals surface area contributed by atoms with Crippen LogP contribution in [0.15, 0.2) is 54.6 Å². The molecule has 5 nitrogen and oxygen atoms in total. The minimum atomic E-state index is -2.89. The summed E-state index contributed by atoms with van der Waals surface area (Å²) >= 11 is 0. The Balaban J connectivity index is 1.79. The molecule has 0 fully saturated rings. The fourth-order valence-electron chi connectivity index (χ4n) is 2.23. The van der Waals surface area contributed by atoms with E-state index >= 15 is 0 Å². The number of nitrogens with one attached hydrogen (secondary N) is 1. The lowest BCUT2D eigenvalue weighted by molar-refractivity contribution is -0.150. The van der Waals surface area contributed by atoms with Crippen molar-refractivity contribution in [2.24, 2.45) is 0 Å². The molecule has 0 saturated carbocycles. The van der Waals surface area contributed by atoms with Crippen molar-refractivity contribution in [3.8, 4) is 5.75 Å². The highest BCUT2D eigenvalue weighted by Gasteiger charge is 2.16. The molecule has 0 saturated heterocycles. The molecule has 0 aliphatic heterocycles. The number of rotatable bonds is 8. The standard InChI is InChI=1S/C21H21F2NO4/c1-14-3-5-17(6-4-14)13-24-20(26)15(2)27-19(25)12-9-16-7-10-18(11-8-16)28-21(22)23/h3-12,15,21H,13H2,1-2H3,(H,24,26)/b12-9+/t15-/m0/s1. The molecule has 0 aliphatic carbocycles. The molecule has 148 valence electrons. The third-order valence-corrected chi connectivity index (χ3v) is 3.77.